The Kier molecular flexibility index (Phi) is 5.68. The number of ether oxygens (including phenoxy) is 1. The molecule has 0 atom stereocenters. The summed E-state index contributed by atoms with van der Waals surface area (Å²) in [5.41, 5.74) is 0.470. The zero-order valence-electron chi connectivity index (χ0n) is 14.3. The van der Waals surface area contributed by atoms with E-state index in [1.807, 2.05) is 6.92 Å². The van der Waals surface area contributed by atoms with Crippen LogP contribution in [0.2, 0.25) is 5.02 Å². The van der Waals surface area contributed by atoms with Crippen LogP contribution in [0.4, 0.5) is 0 Å². The lowest BCUT2D eigenvalue weighted by atomic mass is 10.2. The second kappa shape index (κ2) is 7.97. The quantitative estimate of drug-likeness (QED) is 0.356. The van der Waals surface area contributed by atoms with Gasteiger partial charge < -0.3 is 9.15 Å². The Bertz CT molecular complexity index is 1010. The summed E-state index contributed by atoms with van der Waals surface area (Å²) < 4.78 is 11.7. The van der Waals surface area contributed by atoms with Crippen molar-refractivity contribution in [3.05, 3.63) is 57.2 Å². The van der Waals surface area contributed by atoms with Gasteiger partial charge in [-0.2, -0.15) is 0 Å². The lowest BCUT2D eigenvalue weighted by molar-refractivity contribution is 0.0563. The van der Waals surface area contributed by atoms with Gasteiger partial charge in [-0.15, -0.1) is 0 Å². The first-order chi connectivity index (χ1) is 12.5. The van der Waals surface area contributed by atoms with E-state index in [2.05, 4.69) is 9.72 Å². The zero-order chi connectivity index (χ0) is 18.7. The van der Waals surface area contributed by atoms with Crippen molar-refractivity contribution in [3.63, 3.8) is 0 Å². The fourth-order valence-corrected chi connectivity index (χ4v) is 3.59. The Hall–Kier alpha value is -2.25. The molecule has 0 radical (unpaired) electrons. The SMILES string of the molecule is CCCn1c(SCc2ccc(C(=O)OC)o2)nc2cc(Cl)ccc2c1=O. The van der Waals surface area contributed by atoms with Crippen LogP contribution in [0.25, 0.3) is 10.9 Å². The number of nitrogens with zero attached hydrogens (tertiary/aromatic N) is 2. The third-order valence-corrected chi connectivity index (χ3v) is 4.96. The highest BCUT2D eigenvalue weighted by Gasteiger charge is 2.14. The molecule has 0 aliphatic carbocycles. The molecule has 2 heterocycles. The number of hydrogen-bond donors (Lipinski definition) is 0. The maximum absolute atomic E-state index is 12.8. The molecular formula is C18H17ClN2O4S. The van der Waals surface area contributed by atoms with Crippen molar-refractivity contribution in [2.75, 3.05) is 7.11 Å². The number of carbonyl (C=O) groups is 1. The first-order valence-electron chi connectivity index (χ1n) is 8.03. The van der Waals surface area contributed by atoms with Crippen LogP contribution in [-0.2, 0) is 17.0 Å². The number of fused-ring (bicyclic) bond motifs is 1. The maximum Gasteiger partial charge on any atom is 0.373 e. The molecule has 0 aliphatic heterocycles. The van der Waals surface area contributed by atoms with E-state index >= 15 is 0 Å². The van der Waals surface area contributed by atoms with Crippen LogP contribution >= 0.6 is 23.4 Å². The van der Waals surface area contributed by atoms with Gasteiger partial charge in [-0.3, -0.25) is 9.36 Å². The summed E-state index contributed by atoms with van der Waals surface area (Å²) >= 11 is 7.40. The minimum Gasteiger partial charge on any atom is -0.463 e. The monoisotopic (exact) mass is 392 g/mol. The van der Waals surface area contributed by atoms with Gasteiger partial charge in [-0.1, -0.05) is 30.3 Å². The number of benzene rings is 1. The number of aromatic nitrogens is 2. The normalized spacial score (nSPS) is 11.0. The number of esters is 1. The average Bonchev–Trinajstić information content (AvgIpc) is 3.11. The third-order valence-electron chi connectivity index (χ3n) is 3.72. The number of halogens is 1. The number of furan rings is 1. The van der Waals surface area contributed by atoms with E-state index in [1.54, 1.807) is 34.9 Å². The molecule has 136 valence electrons. The first kappa shape index (κ1) is 18.5. The van der Waals surface area contributed by atoms with Gasteiger partial charge in [0, 0.05) is 11.6 Å². The van der Waals surface area contributed by atoms with Crippen LogP contribution < -0.4 is 5.56 Å². The van der Waals surface area contributed by atoms with E-state index in [4.69, 9.17) is 16.0 Å². The van der Waals surface area contributed by atoms with Crippen molar-refractivity contribution in [2.24, 2.45) is 0 Å². The Morgan fingerprint density at radius 1 is 1.35 bits per heavy atom. The van der Waals surface area contributed by atoms with E-state index in [1.165, 1.54) is 18.9 Å². The maximum atomic E-state index is 12.8. The van der Waals surface area contributed by atoms with E-state index in [-0.39, 0.29) is 11.3 Å². The van der Waals surface area contributed by atoms with E-state index < -0.39 is 5.97 Å². The van der Waals surface area contributed by atoms with Gasteiger partial charge >= 0.3 is 5.97 Å². The minimum atomic E-state index is -0.525. The van der Waals surface area contributed by atoms with Crippen molar-refractivity contribution in [3.8, 4) is 0 Å². The van der Waals surface area contributed by atoms with Crippen LogP contribution in [0.1, 0.15) is 29.7 Å². The lowest BCUT2D eigenvalue weighted by Gasteiger charge is -2.12. The van der Waals surface area contributed by atoms with Crippen molar-refractivity contribution in [1.29, 1.82) is 0 Å². The molecule has 0 saturated heterocycles. The summed E-state index contributed by atoms with van der Waals surface area (Å²) in [6.07, 6.45) is 0.807. The molecule has 3 rings (SSSR count). The van der Waals surface area contributed by atoms with E-state index in [0.29, 0.717) is 39.1 Å². The molecule has 0 N–H and O–H groups in total. The zero-order valence-corrected chi connectivity index (χ0v) is 15.9. The predicted octanol–water partition coefficient (Wildman–Crippen LogP) is 4.13. The average molecular weight is 393 g/mol. The highest BCUT2D eigenvalue weighted by molar-refractivity contribution is 7.98. The van der Waals surface area contributed by atoms with Crippen LogP contribution in [-0.4, -0.2) is 22.6 Å². The molecule has 0 bridgehead atoms. The number of methoxy groups -OCH3 is 1. The molecule has 6 nitrogen and oxygen atoms in total. The van der Waals surface area contributed by atoms with Crippen molar-refractivity contribution in [2.45, 2.75) is 30.8 Å². The molecule has 0 fully saturated rings. The second-order valence-electron chi connectivity index (χ2n) is 5.56. The topological polar surface area (TPSA) is 74.3 Å². The summed E-state index contributed by atoms with van der Waals surface area (Å²) in [5.74, 6) is 0.646. The molecule has 2 aromatic heterocycles. The standard InChI is InChI=1S/C18H17ClN2O4S/c1-3-8-21-16(22)13-6-4-11(19)9-14(13)20-18(21)26-10-12-5-7-15(25-12)17(23)24-2/h4-7,9H,3,8,10H2,1-2H3. The molecular weight excluding hydrogens is 376 g/mol. The number of rotatable bonds is 6. The van der Waals surface area contributed by atoms with Gasteiger partial charge in [0.25, 0.3) is 5.56 Å². The fourth-order valence-electron chi connectivity index (χ4n) is 2.51. The summed E-state index contributed by atoms with van der Waals surface area (Å²) in [7, 11) is 1.30. The number of hydrogen-bond acceptors (Lipinski definition) is 6. The molecule has 1 aromatic carbocycles. The largest absolute Gasteiger partial charge is 0.463 e. The Morgan fingerprint density at radius 2 is 2.15 bits per heavy atom. The van der Waals surface area contributed by atoms with Gasteiger partial charge in [0.2, 0.25) is 5.76 Å². The molecule has 0 amide bonds. The summed E-state index contributed by atoms with van der Waals surface area (Å²) in [5, 5.41) is 1.66. The van der Waals surface area contributed by atoms with Gasteiger partial charge in [-0.05, 0) is 36.8 Å². The van der Waals surface area contributed by atoms with Gasteiger partial charge in [0.1, 0.15) is 5.76 Å². The van der Waals surface area contributed by atoms with Crippen LogP contribution in [0.5, 0.6) is 0 Å². The second-order valence-corrected chi connectivity index (χ2v) is 6.94. The molecule has 0 saturated carbocycles. The van der Waals surface area contributed by atoms with Crippen LogP contribution in [0.3, 0.4) is 0 Å². The summed E-state index contributed by atoms with van der Waals surface area (Å²) in [6, 6.07) is 8.34. The van der Waals surface area contributed by atoms with Crippen molar-refractivity contribution < 1.29 is 13.9 Å². The molecule has 26 heavy (non-hydrogen) atoms. The summed E-state index contributed by atoms with van der Waals surface area (Å²) in [4.78, 5) is 28.8. The van der Waals surface area contributed by atoms with Crippen LogP contribution in [0.15, 0.2) is 44.7 Å². The van der Waals surface area contributed by atoms with Gasteiger partial charge in [0.05, 0.1) is 23.8 Å². The molecule has 8 heteroatoms. The molecule has 0 aliphatic rings. The Balaban J connectivity index is 1.93. The minimum absolute atomic E-state index is 0.0919. The smallest absolute Gasteiger partial charge is 0.373 e. The summed E-state index contributed by atoms with van der Waals surface area (Å²) in [6.45, 7) is 2.57. The van der Waals surface area contributed by atoms with E-state index in [0.717, 1.165) is 6.42 Å². The van der Waals surface area contributed by atoms with Crippen molar-refractivity contribution in [1.82, 2.24) is 9.55 Å². The number of thioether (sulfide) groups is 1. The highest BCUT2D eigenvalue weighted by Crippen LogP contribution is 2.24. The predicted molar refractivity (Wildman–Crippen MR) is 101 cm³/mol. The Morgan fingerprint density at radius 3 is 2.88 bits per heavy atom. The highest BCUT2D eigenvalue weighted by atomic mass is 35.5. The molecule has 3 aromatic rings. The Labute approximate surface area is 159 Å². The molecule has 0 spiro atoms. The van der Waals surface area contributed by atoms with Gasteiger partial charge in [0.15, 0.2) is 5.16 Å². The first-order valence-corrected chi connectivity index (χ1v) is 9.39. The number of carbonyl (C=O) groups excluding carboxylic acids is 1. The van der Waals surface area contributed by atoms with E-state index in [9.17, 15) is 9.59 Å². The fraction of sp³-hybridized carbons (Fsp3) is 0.278. The van der Waals surface area contributed by atoms with Gasteiger partial charge in [-0.25, -0.2) is 9.78 Å². The third kappa shape index (κ3) is 3.78. The van der Waals surface area contributed by atoms with Crippen molar-refractivity contribution >= 4 is 40.2 Å². The van der Waals surface area contributed by atoms with Crippen LogP contribution in [0, 0.1) is 0 Å². The molecule has 0 unspecified atom stereocenters. The lowest BCUT2D eigenvalue weighted by Crippen LogP contribution is -2.23.